The summed E-state index contributed by atoms with van der Waals surface area (Å²) in [5.74, 6) is 1.63. The van der Waals surface area contributed by atoms with Crippen LogP contribution in [0.1, 0.15) is 32.5 Å². The van der Waals surface area contributed by atoms with Crippen LogP contribution in [0.3, 0.4) is 0 Å². The van der Waals surface area contributed by atoms with E-state index in [2.05, 4.69) is 27.5 Å². The summed E-state index contributed by atoms with van der Waals surface area (Å²) in [4.78, 5) is 19.6. The van der Waals surface area contributed by atoms with E-state index in [9.17, 15) is 4.79 Å². The predicted octanol–water partition coefficient (Wildman–Crippen LogP) is 1.12. The summed E-state index contributed by atoms with van der Waals surface area (Å²) in [6.45, 7) is 5.13. The standard InChI is InChI=1S/C13H23N5O2/c1-4-5-15-11-7-12(16-9(2)6-10(14)19)18-13(17-11)8-20-3/h7,9H,4-6,8H2,1-3H3,(H2,14,19)(H2,15,16,17,18). The highest BCUT2D eigenvalue weighted by atomic mass is 16.5. The molecule has 1 aromatic heterocycles. The molecule has 112 valence electrons. The first kappa shape index (κ1) is 16.2. The normalized spacial score (nSPS) is 11.9. The van der Waals surface area contributed by atoms with Gasteiger partial charge in [-0.1, -0.05) is 6.92 Å². The van der Waals surface area contributed by atoms with Crippen molar-refractivity contribution >= 4 is 17.5 Å². The van der Waals surface area contributed by atoms with Crippen LogP contribution < -0.4 is 16.4 Å². The summed E-state index contributed by atoms with van der Waals surface area (Å²) < 4.78 is 5.06. The number of primary amides is 1. The molecule has 0 saturated heterocycles. The van der Waals surface area contributed by atoms with Crippen molar-refractivity contribution in [2.75, 3.05) is 24.3 Å². The molecule has 1 rings (SSSR count). The van der Waals surface area contributed by atoms with Gasteiger partial charge in [-0.15, -0.1) is 0 Å². The molecule has 0 aliphatic heterocycles. The summed E-state index contributed by atoms with van der Waals surface area (Å²) >= 11 is 0. The fraction of sp³-hybridized carbons (Fsp3) is 0.615. The van der Waals surface area contributed by atoms with Gasteiger partial charge in [0.05, 0.1) is 0 Å². The van der Waals surface area contributed by atoms with Crippen LogP contribution in [0.5, 0.6) is 0 Å². The van der Waals surface area contributed by atoms with E-state index < -0.39 is 0 Å². The van der Waals surface area contributed by atoms with Gasteiger partial charge in [-0.05, 0) is 13.3 Å². The minimum Gasteiger partial charge on any atom is -0.377 e. The van der Waals surface area contributed by atoms with Crippen molar-refractivity contribution in [2.45, 2.75) is 39.3 Å². The molecule has 20 heavy (non-hydrogen) atoms. The molecule has 0 aliphatic rings. The Labute approximate surface area is 119 Å². The summed E-state index contributed by atoms with van der Waals surface area (Å²) in [6.07, 6.45) is 1.26. The van der Waals surface area contributed by atoms with E-state index in [1.54, 1.807) is 7.11 Å². The van der Waals surface area contributed by atoms with Crippen LogP contribution in [0.2, 0.25) is 0 Å². The van der Waals surface area contributed by atoms with Gasteiger partial charge in [-0.3, -0.25) is 4.79 Å². The summed E-state index contributed by atoms with van der Waals surface area (Å²) in [6, 6.07) is 1.73. The third-order valence-electron chi connectivity index (χ3n) is 2.50. The second kappa shape index (κ2) is 8.31. The summed E-state index contributed by atoms with van der Waals surface area (Å²) in [5.41, 5.74) is 5.18. The molecular weight excluding hydrogens is 258 g/mol. The van der Waals surface area contributed by atoms with Gasteiger partial charge in [0.15, 0.2) is 5.82 Å². The molecule has 7 heteroatoms. The number of nitrogens with zero attached hydrogens (tertiary/aromatic N) is 2. The monoisotopic (exact) mass is 281 g/mol. The Morgan fingerprint density at radius 2 is 2.15 bits per heavy atom. The molecule has 0 fully saturated rings. The van der Waals surface area contributed by atoms with Crippen LogP contribution in [-0.2, 0) is 16.1 Å². The molecule has 0 radical (unpaired) electrons. The van der Waals surface area contributed by atoms with Gasteiger partial charge in [-0.25, -0.2) is 9.97 Å². The second-order valence-electron chi connectivity index (χ2n) is 4.63. The van der Waals surface area contributed by atoms with Gasteiger partial charge < -0.3 is 21.1 Å². The topological polar surface area (TPSA) is 102 Å². The lowest BCUT2D eigenvalue weighted by Gasteiger charge is -2.15. The van der Waals surface area contributed by atoms with E-state index in [1.807, 2.05) is 13.0 Å². The zero-order valence-electron chi connectivity index (χ0n) is 12.3. The molecule has 1 unspecified atom stereocenters. The minimum absolute atomic E-state index is 0.0863. The van der Waals surface area contributed by atoms with Crippen molar-refractivity contribution in [1.82, 2.24) is 9.97 Å². The number of aromatic nitrogens is 2. The first-order valence-electron chi connectivity index (χ1n) is 6.70. The SMILES string of the molecule is CCCNc1cc(NC(C)CC(N)=O)nc(COC)n1. The number of anilines is 2. The quantitative estimate of drug-likeness (QED) is 0.627. The van der Waals surface area contributed by atoms with Gasteiger partial charge in [0.2, 0.25) is 5.91 Å². The van der Waals surface area contributed by atoms with E-state index in [-0.39, 0.29) is 18.4 Å². The highest BCUT2D eigenvalue weighted by molar-refractivity contribution is 5.74. The van der Waals surface area contributed by atoms with Crippen molar-refractivity contribution in [3.63, 3.8) is 0 Å². The van der Waals surface area contributed by atoms with Crippen molar-refractivity contribution in [2.24, 2.45) is 5.73 Å². The molecular formula is C13H23N5O2. The number of hydrogen-bond acceptors (Lipinski definition) is 6. The fourth-order valence-corrected chi connectivity index (χ4v) is 1.71. The molecule has 1 heterocycles. The van der Waals surface area contributed by atoms with Crippen LogP contribution in [0.15, 0.2) is 6.07 Å². The Morgan fingerprint density at radius 3 is 2.75 bits per heavy atom. The van der Waals surface area contributed by atoms with E-state index in [0.29, 0.717) is 18.2 Å². The van der Waals surface area contributed by atoms with Crippen LogP contribution in [0.25, 0.3) is 0 Å². The molecule has 1 atom stereocenters. The Balaban J connectivity index is 2.81. The lowest BCUT2D eigenvalue weighted by Crippen LogP contribution is -2.24. The van der Waals surface area contributed by atoms with Crippen LogP contribution in [0, 0.1) is 0 Å². The number of carbonyl (C=O) groups excluding carboxylic acids is 1. The molecule has 1 aromatic rings. The van der Waals surface area contributed by atoms with E-state index in [4.69, 9.17) is 10.5 Å². The predicted molar refractivity (Wildman–Crippen MR) is 78.4 cm³/mol. The largest absolute Gasteiger partial charge is 0.377 e. The maximum atomic E-state index is 10.9. The highest BCUT2D eigenvalue weighted by Gasteiger charge is 2.09. The Bertz CT molecular complexity index is 439. The first-order valence-corrected chi connectivity index (χ1v) is 6.70. The first-order chi connectivity index (χ1) is 9.55. The third kappa shape index (κ3) is 5.83. The zero-order valence-corrected chi connectivity index (χ0v) is 12.3. The van der Waals surface area contributed by atoms with Crippen LogP contribution in [-0.4, -0.2) is 35.6 Å². The van der Waals surface area contributed by atoms with E-state index in [0.717, 1.165) is 18.8 Å². The number of ether oxygens (including phenoxy) is 1. The number of amides is 1. The lowest BCUT2D eigenvalue weighted by molar-refractivity contribution is -0.118. The van der Waals surface area contributed by atoms with Gasteiger partial charge in [0.1, 0.15) is 18.2 Å². The lowest BCUT2D eigenvalue weighted by atomic mass is 10.2. The average molecular weight is 281 g/mol. The van der Waals surface area contributed by atoms with Gasteiger partial charge in [-0.2, -0.15) is 0 Å². The smallest absolute Gasteiger partial charge is 0.219 e. The Hall–Kier alpha value is -1.89. The Morgan fingerprint density at radius 1 is 1.45 bits per heavy atom. The maximum absolute atomic E-state index is 10.9. The average Bonchev–Trinajstić information content (AvgIpc) is 2.35. The fourth-order valence-electron chi connectivity index (χ4n) is 1.71. The third-order valence-corrected chi connectivity index (χ3v) is 2.50. The zero-order chi connectivity index (χ0) is 15.0. The molecule has 0 spiro atoms. The molecule has 0 aromatic carbocycles. The highest BCUT2D eigenvalue weighted by Crippen LogP contribution is 2.13. The number of carbonyl (C=O) groups is 1. The molecule has 7 nitrogen and oxygen atoms in total. The van der Waals surface area contributed by atoms with Crippen molar-refractivity contribution in [3.05, 3.63) is 11.9 Å². The van der Waals surface area contributed by atoms with Gasteiger partial charge >= 0.3 is 0 Å². The maximum Gasteiger partial charge on any atom is 0.219 e. The molecule has 0 bridgehead atoms. The van der Waals surface area contributed by atoms with Gasteiger partial charge in [0, 0.05) is 32.2 Å². The molecule has 0 aliphatic carbocycles. The summed E-state index contributed by atoms with van der Waals surface area (Å²) in [5, 5.41) is 6.35. The van der Waals surface area contributed by atoms with Crippen LogP contribution in [0.4, 0.5) is 11.6 Å². The number of hydrogen-bond donors (Lipinski definition) is 3. The minimum atomic E-state index is -0.347. The number of rotatable bonds is 9. The van der Waals surface area contributed by atoms with E-state index >= 15 is 0 Å². The number of nitrogens with one attached hydrogen (secondary N) is 2. The van der Waals surface area contributed by atoms with Crippen molar-refractivity contribution in [1.29, 1.82) is 0 Å². The summed E-state index contributed by atoms with van der Waals surface area (Å²) in [7, 11) is 1.60. The molecule has 0 saturated carbocycles. The van der Waals surface area contributed by atoms with Crippen LogP contribution >= 0.6 is 0 Å². The Kier molecular flexibility index (Phi) is 6.72. The van der Waals surface area contributed by atoms with Gasteiger partial charge in [0.25, 0.3) is 0 Å². The van der Waals surface area contributed by atoms with Crippen molar-refractivity contribution < 1.29 is 9.53 Å². The van der Waals surface area contributed by atoms with Crippen molar-refractivity contribution in [3.8, 4) is 0 Å². The molecule has 1 amide bonds. The number of methoxy groups -OCH3 is 1. The van der Waals surface area contributed by atoms with E-state index in [1.165, 1.54) is 0 Å². The second-order valence-corrected chi connectivity index (χ2v) is 4.63. The molecule has 4 N–H and O–H groups in total. The number of nitrogens with two attached hydrogens (primary N) is 1.